The summed E-state index contributed by atoms with van der Waals surface area (Å²) in [6.07, 6.45) is -0.930. The van der Waals surface area contributed by atoms with Crippen molar-refractivity contribution in [1.29, 1.82) is 0 Å². The van der Waals surface area contributed by atoms with E-state index in [1.165, 1.54) is 11.3 Å². The fraction of sp³-hybridized carbons (Fsp3) is 0.238. The van der Waals surface area contributed by atoms with Crippen LogP contribution in [0.5, 0.6) is 0 Å². The number of carbonyl (C=O) groups is 3. The summed E-state index contributed by atoms with van der Waals surface area (Å²) in [5.74, 6) is -1.10. The van der Waals surface area contributed by atoms with Crippen molar-refractivity contribution in [2.45, 2.75) is 26.9 Å². The van der Waals surface area contributed by atoms with Crippen LogP contribution in [-0.4, -0.2) is 28.7 Å². The molecule has 1 amide bonds. The van der Waals surface area contributed by atoms with Gasteiger partial charge in [0.15, 0.2) is 6.10 Å². The van der Waals surface area contributed by atoms with Crippen molar-refractivity contribution in [2.75, 3.05) is 5.32 Å². The SMILES string of the molecule is CC(C)C(=O)Nc1ccc(C(=O)C(C)OC(=O)c2ccc3ncsc3c2)cc1. The quantitative estimate of drug-likeness (QED) is 0.495. The van der Waals surface area contributed by atoms with Gasteiger partial charge in [-0.1, -0.05) is 13.8 Å². The van der Waals surface area contributed by atoms with Crippen LogP contribution in [0.4, 0.5) is 5.69 Å². The molecule has 1 N–H and O–H groups in total. The molecule has 1 unspecified atom stereocenters. The Morgan fingerprint density at radius 3 is 2.36 bits per heavy atom. The molecule has 0 saturated heterocycles. The van der Waals surface area contributed by atoms with E-state index in [4.69, 9.17) is 4.74 Å². The molecule has 2 aromatic carbocycles. The van der Waals surface area contributed by atoms with Gasteiger partial charge in [0.25, 0.3) is 0 Å². The lowest BCUT2D eigenvalue weighted by Crippen LogP contribution is -2.24. The van der Waals surface area contributed by atoms with Crippen LogP contribution in [-0.2, 0) is 9.53 Å². The molecule has 1 atom stereocenters. The summed E-state index contributed by atoms with van der Waals surface area (Å²) in [6.45, 7) is 5.14. The summed E-state index contributed by atoms with van der Waals surface area (Å²) in [7, 11) is 0. The van der Waals surface area contributed by atoms with Crippen LogP contribution in [0.25, 0.3) is 10.2 Å². The Morgan fingerprint density at radius 1 is 1.00 bits per heavy atom. The van der Waals surface area contributed by atoms with Gasteiger partial charge in [0, 0.05) is 17.2 Å². The van der Waals surface area contributed by atoms with E-state index in [-0.39, 0.29) is 17.6 Å². The molecule has 0 aliphatic rings. The molecule has 0 fully saturated rings. The second kappa shape index (κ2) is 8.31. The number of amides is 1. The number of hydrogen-bond acceptors (Lipinski definition) is 6. The molecule has 7 heteroatoms. The highest BCUT2D eigenvalue weighted by Crippen LogP contribution is 2.20. The topological polar surface area (TPSA) is 85.4 Å². The Morgan fingerprint density at radius 2 is 1.68 bits per heavy atom. The second-order valence-corrected chi connectivity index (χ2v) is 7.55. The average molecular weight is 396 g/mol. The van der Waals surface area contributed by atoms with E-state index in [0.29, 0.717) is 16.8 Å². The normalized spacial score (nSPS) is 12.0. The summed E-state index contributed by atoms with van der Waals surface area (Å²) < 4.78 is 6.21. The number of ether oxygens (including phenoxy) is 1. The first-order chi connectivity index (χ1) is 13.3. The van der Waals surface area contributed by atoms with Gasteiger partial charge in [-0.05, 0) is 49.4 Å². The van der Waals surface area contributed by atoms with E-state index in [1.807, 2.05) is 0 Å². The molecule has 0 saturated carbocycles. The number of ketones is 1. The van der Waals surface area contributed by atoms with Crippen molar-refractivity contribution < 1.29 is 19.1 Å². The van der Waals surface area contributed by atoms with Crippen molar-refractivity contribution in [1.82, 2.24) is 4.98 Å². The minimum absolute atomic E-state index is 0.0979. The van der Waals surface area contributed by atoms with Gasteiger partial charge in [-0.25, -0.2) is 9.78 Å². The molecule has 1 aromatic heterocycles. The number of nitrogens with one attached hydrogen (secondary N) is 1. The lowest BCUT2D eigenvalue weighted by Gasteiger charge is -2.13. The third-order valence-corrected chi connectivity index (χ3v) is 4.97. The fourth-order valence-electron chi connectivity index (χ4n) is 2.50. The Balaban J connectivity index is 1.64. The number of Topliss-reactive ketones (excluding diaryl/α,β-unsaturated/α-hetero) is 1. The number of rotatable bonds is 6. The summed E-state index contributed by atoms with van der Waals surface area (Å²) in [6, 6.07) is 11.6. The van der Waals surface area contributed by atoms with Crippen LogP contribution in [0, 0.1) is 5.92 Å². The number of benzene rings is 2. The van der Waals surface area contributed by atoms with Gasteiger partial charge in [-0.15, -0.1) is 11.3 Å². The zero-order valence-corrected chi connectivity index (χ0v) is 16.6. The van der Waals surface area contributed by atoms with Gasteiger partial charge in [0.2, 0.25) is 11.7 Å². The molecular weight excluding hydrogens is 376 g/mol. The van der Waals surface area contributed by atoms with Crippen molar-refractivity contribution in [3.05, 3.63) is 59.1 Å². The third kappa shape index (κ3) is 4.43. The van der Waals surface area contributed by atoms with Gasteiger partial charge in [-0.3, -0.25) is 9.59 Å². The van der Waals surface area contributed by atoms with Crippen LogP contribution in [0.2, 0.25) is 0 Å². The van der Waals surface area contributed by atoms with Crippen LogP contribution >= 0.6 is 11.3 Å². The van der Waals surface area contributed by atoms with Gasteiger partial charge in [0.05, 0.1) is 21.3 Å². The van der Waals surface area contributed by atoms with Crippen LogP contribution in [0.3, 0.4) is 0 Å². The molecule has 28 heavy (non-hydrogen) atoms. The summed E-state index contributed by atoms with van der Waals surface area (Å²) >= 11 is 1.43. The van der Waals surface area contributed by atoms with Crippen LogP contribution in [0.1, 0.15) is 41.5 Å². The monoisotopic (exact) mass is 396 g/mol. The molecule has 144 valence electrons. The van der Waals surface area contributed by atoms with E-state index >= 15 is 0 Å². The van der Waals surface area contributed by atoms with Gasteiger partial charge in [0.1, 0.15) is 0 Å². The highest BCUT2D eigenvalue weighted by atomic mass is 32.1. The molecule has 0 aliphatic heterocycles. The summed E-state index contributed by atoms with van der Waals surface area (Å²) in [5, 5.41) is 2.76. The predicted molar refractivity (Wildman–Crippen MR) is 109 cm³/mol. The first-order valence-corrected chi connectivity index (χ1v) is 9.72. The van der Waals surface area contributed by atoms with Crippen LogP contribution < -0.4 is 5.32 Å². The Hall–Kier alpha value is -3.06. The Bertz CT molecular complexity index is 1020. The lowest BCUT2D eigenvalue weighted by molar-refractivity contribution is -0.118. The van der Waals surface area contributed by atoms with E-state index in [9.17, 15) is 14.4 Å². The molecule has 1 heterocycles. The average Bonchev–Trinajstić information content (AvgIpc) is 3.15. The zero-order chi connectivity index (χ0) is 20.3. The smallest absolute Gasteiger partial charge is 0.338 e. The maximum Gasteiger partial charge on any atom is 0.338 e. The molecule has 6 nitrogen and oxygen atoms in total. The third-order valence-electron chi connectivity index (χ3n) is 4.18. The number of thiazole rings is 1. The Kier molecular flexibility index (Phi) is 5.84. The number of carbonyl (C=O) groups excluding carboxylic acids is 3. The number of aromatic nitrogens is 1. The number of fused-ring (bicyclic) bond motifs is 1. The highest BCUT2D eigenvalue weighted by Gasteiger charge is 2.21. The molecule has 0 spiro atoms. The van der Waals surface area contributed by atoms with Crippen molar-refractivity contribution in [3.8, 4) is 0 Å². The molecule has 0 aliphatic carbocycles. The van der Waals surface area contributed by atoms with Gasteiger partial charge < -0.3 is 10.1 Å². The number of esters is 1. The first kappa shape index (κ1) is 19.7. The fourth-order valence-corrected chi connectivity index (χ4v) is 3.22. The standard InChI is InChI=1S/C21H20N2O4S/c1-12(2)20(25)23-16-7-4-14(5-8-16)19(24)13(3)27-21(26)15-6-9-17-18(10-15)28-11-22-17/h4-13H,1-3H3,(H,23,25). The molecule has 0 bridgehead atoms. The molecule has 3 aromatic rings. The second-order valence-electron chi connectivity index (χ2n) is 6.67. The molecular formula is C21H20N2O4S. The van der Waals surface area contributed by atoms with E-state index < -0.39 is 12.1 Å². The van der Waals surface area contributed by atoms with Gasteiger partial charge in [-0.2, -0.15) is 0 Å². The van der Waals surface area contributed by atoms with E-state index in [0.717, 1.165) is 10.2 Å². The number of anilines is 1. The van der Waals surface area contributed by atoms with Crippen LogP contribution in [0.15, 0.2) is 48.0 Å². The van der Waals surface area contributed by atoms with Crippen molar-refractivity contribution in [3.63, 3.8) is 0 Å². The van der Waals surface area contributed by atoms with Crippen molar-refractivity contribution in [2.24, 2.45) is 5.92 Å². The van der Waals surface area contributed by atoms with Crippen molar-refractivity contribution >= 4 is 44.9 Å². The minimum atomic E-state index is -0.930. The molecule has 0 radical (unpaired) electrons. The minimum Gasteiger partial charge on any atom is -0.451 e. The lowest BCUT2D eigenvalue weighted by atomic mass is 10.1. The summed E-state index contributed by atoms with van der Waals surface area (Å²) in [5.41, 5.74) is 3.91. The maximum absolute atomic E-state index is 12.6. The largest absolute Gasteiger partial charge is 0.451 e. The number of hydrogen-bond donors (Lipinski definition) is 1. The Labute approximate surface area is 166 Å². The predicted octanol–water partition coefficient (Wildman–Crippen LogP) is 4.32. The first-order valence-electron chi connectivity index (χ1n) is 8.84. The maximum atomic E-state index is 12.6. The van der Waals surface area contributed by atoms with E-state index in [2.05, 4.69) is 10.3 Å². The highest BCUT2D eigenvalue weighted by molar-refractivity contribution is 7.16. The van der Waals surface area contributed by atoms with E-state index in [1.54, 1.807) is 68.7 Å². The zero-order valence-electron chi connectivity index (χ0n) is 15.8. The van der Waals surface area contributed by atoms with Gasteiger partial charge >= 0.3 is 5.97 Å². The number of nitrogens with zero attached hydrogens (tertiary/aromatic N) is 1. The molecule has 3 rings (SSSR count). The summed E-state index contributed by atoms with van der Waals surface area (Å²) in [4.78, 5) is 40.8.